The standard InChI is InChI=1S/C23H32N2O3/c1-22(2,3)28-21(27)25-24-20-10-9-19-18-7-5-14-13-15(26)6-8-16(14)17(18)11-12-23(19,20)4/h6,8,13,17-19,26H,5,7,9-12H2,1-4H3,(H,25,27)/b24-20-/t17-,18-,19-,23+/m0/s1. The molecule has 2 fully saturated rings. The molecule has 4 atom stereocenters. The molecule has 3 aliphatic carbocycles. The van der Waals surface area contributed by atoms with Crippen LogP contribution in [0.15, 0.2) is 23.3 Å². The molecule has 5 heteroatoms. The number of aromatic hydroxyl groups is 1. The summed E-state index contributed by atoms with van der Waals surface area (Å²) < 4.78 is 5.32. The summed E-state index contributed by atoms with van der Waals surface area (Å²) in [6.07, 6.45) is 6.05. The normalized spacial score (nSPS) is 33.0. The lowest BCUT2D eigenvalue weighted by atomic mass is 9.55. The van der Waals surface area contributed by atoms with Gasteiger partial charge < -0.3 is 9.84 Å². The van der Waals surface area contributed by atoms with Gasteiger partial charge in [0.1, 0.15) is 11.4 Å². The van der Waals surface area contributed by atoms with E-state index in [1.165, 1.54) is 17.5 Å². The average molecular weight is 385 g/mol. The van der Waals surface area contributed by atoms with E-state index in [0.29, 0.717) is 23.5 Å². The van der Waals surface area contributed by atoms with Gasteiger partial charge in [-0.3, -0.25) is 0 Å². The van der Waals surface area contributed by atoms with Gasteiger partial charge in [-0.15, -0.1) is 0 Å². The number of ether oxygens (including phenoxy) is 1. The molecule has 0 bridgehead atoms. The van der Waals surface area contributed by atoms with E-state index in [0.717, 1.165) is 37.8 Å². The van der Waals surface area contributed by atoms with Crippen LogP contribution in [0.1, 0.15) is 76.8 Å². The second-order valence-corrected chi connectivity index (χ2v) is 9.97. The van der Waals surface area contributed by atoms with Crippen LogP contribution in [0.2, 0.25) is 0 Å². The number of rotatable bonds is 1. The highest BCUT2D eigenvalue weighted by Gasteiger charge is 2.53. The summed E-state index contributed by atoms with van der Waals surface area (Å²) in [6, 6.07) is 5.92. The number of phenols is 1. The van der Waals surface area contributed by atoms with Gasteiger partial charge in [0.15, 0.2) is 0 Å². The molecule has 0 saturated heterocycles. The minimum absolute atomic E-state index is 0.0601. The molecule has 1 aromatic rings. The first kappa shape index (κ1) is 19.3. The fourth-order valence-electron chi connectivity index (χ4n) is 5.96. The van der Waals surface area contributed by atoms with Crippen LogP contribution in [-0.2, 0) is 11.2 Å². The van der Waals surface area contributed by atoms with E-state index in [1.807, 2.05) is 32.9 Å². The molecule has 152 valence electrons. The number of nitrogens with one attached hydrogen (secondary N) is 1. The average Bonchev–Trinajstić information content (AvgIpc) is 2.94. The molecule has 0 spiro atoms. The van der Waals surface area contributed by atoms with Gasteiger partial charge >= 0.3 is 6.09 Å². The van der Waals surface area contributed by atoms with Crippen molar-refractivity contribution in [3.05, 3.63) is 29.3 Å². The monoisotopic (exact) mass is 384 g/mol. The van der Waals surface area contributed by atoms with Gasteiger partial charge in [-0.1, -0.05) is 13.0 Å². The van der Waals surface area contributed by atoms with Crippen LogP contribution >= 0.6 is 0 Å². The lowest BCUT2D eigenvalue weighted by molar-refractivity contribution is 0.0527. The Bertz CT molecular complexity index is 811. The number of aryl methyl sites for hydroxylation is 1. The molecule has 0 radical (unpaired) electrons. The van der Waals surface area contributed by atoms with Gasteiger partial charge in [0.2, 0.25) is 0 Å². The molecule has 1 amide bonds. The van der Waals surface area contributed by atoms with Crippen LogP contribution < -0.4 is 5.43 Å². The molecule has 0 aromatic heterocycles. The van der Waals surface area contributed by atoms with E-state index >= 15 is 0 Å². The van der Waals surface area contributed by atoms with Crippen LogP contribution in [0.4, 0.5) is 4.79 Å². The van der Waals surface area contributed by atoms with Crippen LogP contribution in [0.3, 0.4) is 0 Å². The lowest BCUT2D eigenvalue weighted by Gasteiger charge is -2.49. The fourth-order valence-corrected chi connectivity index (χ4v) is 5.96. The van der Waals surface area contributed by atoms with Crippen LogP contribution in [0, 0.1) is 17.3 Å². The lowest BCUT2D eigenvalue weighted by Crippen LogP contribution is -2.43. The number of carbonyl (C=O) groups excluding carboxylic acids is 1. The summed E-state index contributed by atoms with van der Waals surface area (Å²) in [5.41, 5.74) is 6.06. The molecule has 2 N–H and O–H groups in total. The molecule has 5 nitrogen and oxygen atoms in total. The van der Waals surface area contributed by atoms with E-state index in [2.05, 4.69) is 23.5 Å². The predicted octanol–water partition coefficient (Wildman–Crippen LogP) is 5.13. The summed E-state index contributed by atoms with van der Waals surface area (Å²) >= 11 is 0. The third-order valence-electron chi connectivity index (χ3n) is 7.13. The number of phenolic OH excluding ortho intramolecular Hbond substituents is 1. The maximum absolute atomic E-state index is 12.0. The molecule has 0 unspecified atom stereocenters. The smallest absolute Gasteiger partial charge is 0.428 e. The summed E-state index contributed by atoms with van der Waals surface area (Å²) in [5, 5.41) is 14.3. The number of hydrogen-bond donors (Lipinski definition) is 2. The Morgan fingerprint density at radius 3 is 2.79 bits per heavy atom. The van der Waals surface area contributed by atoms with Crippen LogP contribution in [-0.4, -0.2) is 22.5 Å². The predicted molar refractivity (Wildman–Crippen MR) is 110 cm³/mol. The highest BCUT2D eigenvalue weighted by Crippen LogP contribution is 2.59. The zero-order valence-corrected chi connectivity index (χ0v) is 17.4. The summed E-state index contributed by atoms with van der Waals surface area (Å²) in [7, 11) is 0. The molecular weight excluding hydrogens is 352 g/mol. The van der Waals surface area contributed by atoms with E-state index in [9.17, 15) is 9.90 Å². The van der Waals surface area contributed by atoms with Crippen molar-refractivity contribution < 1.29 is 14.6 Å². The number of fused-ring (bicyclic) bond motifs is 5. The third kappa shape index (κ3) is 3.40. The second-order valence-electron chi connectivity index (χ2n) is 9.97. The van der Waals surface area contributed by atoms with Crippen molar-refractivity contribution in [1.82, 2.24) is 5.43 Å². The zero-order chi connectivity index (χ0) is 20.1. The van der Waals surface area contributed by atoms with Crippen molar-refractivity contribution in [3.63, 3.8) is 0 Å². The fraction of sp³-hybridized carbons (Fsp3) is 0.652. The Labute approximate surface area is 167 Å². The van der Waals surface area contributed by atoms with Crippen molar-refractivity contribution in [3.8, 4) is 5.75 Å². The van der Waals surface area contributed by atoms with Gasteiger partial charge in [-0.2, -0.15) is 5.10 Å². The van der Waals surface area contributed by atoms with Crippen molar-refractivity contribution in [1.29, 1.82) is 0 Å². The Kier molecular flexibility index (Phi) is 4.67. The summed E-state index contributed by atoms with van der Waals surface area (Å²) in [4.78, 5) is 12.0. The maximum Gasteiger partial charge on any atom is 0.428 e. The first-order valence-corrected chi connectivity index (χ1v) is 10.6. The molecule has 1 aromatic carbocycles. The topological polar surface area (TPSA) is 70.9 Å². The Hall–Kier alpha value is -2.04. The number of amides is 1. The zero-order valence-electron chi connectivity index (χ0n) is 17.4. The minimum atomic E-state index is -0.519. The van der Waals surface area contributed by atoms with E-state index in [4.69, 9.17) is 4.74 Å². The summed E-state index contributed by atoms with van der Waals surface area (Å²) in [6.45, 7) is 7.90. The SMILES string of the molecule is CC(C)(C)OC(=O)N/N=C1/CC[C@H]2[C@H]3CCc4cc(O)ccc4[C@@H]3CC[C@@]12C. The molecule has 0 aliphatic heterocycles. The molecule has 28 heavy (non-hydrogen) atoms. The molecule has 3 aliphatic rings. The van der Waals surface area contributed by atoms with Gasteiger partial charge in [0.25, 0.3) is 0 Å². The Morgan fingerprint density at radius 1 is 1.25 bits per heavy atom. The van der Waals surface area contributed by atoms with Crippen molar-refractivity contribution in [2.45, 2.75) is 77.7 Å². The molecular formula is C23H32N2O3. The second kappa shape index (κ2) is 6.78. The molecule has 2 saturated carbocycles. The van der Waals surface area contributed by atoms with Crippen molar-refractivity contribution in [2.75, 3.05) is 0 Å². The number of hydrogen-bond acceptors (Lipinski definition) is 4. The molecule has 0 heterocycles. The highest BCUT2D eigenvalue weighted by atomic mass is 16.6. The minimum Gasteiger partial charge on any atom is -0.508 e. The van der Waals surface area contributed by atoms with E-state index in [-0.39, 0.29) is 5.41 Å². The number of nitrogens with zero attached hydrogens (tertiary/aromatic N) is 1. The van der Waals surface area contributed by atoms with Crippen LogP contribution in [0.5, 0.6) is 5.75 Å². The maximum atomic E-state index is 12.0. The Morgan fingerprint density at radius 2 is 2.04 bits per heavy atom. The third-order valence-corrected chi connectivity index (χ3v) is 7.13. The summed E-state index contributed by atoms with van der Waals surface area (Å²) in [5.74, 6) is 2.22. The van der Waals surface area contributed by atoms with E-state index < -0.39 is 11.7 Å². The van der Waals surface area contributed by atoms with Gasteiger partial charge in [-0.25, -0.2) is 10.2 Å². The van der Waals surface area contributed by atoms with Crippen molar-refractivity contribution in [2.24, 2.45) is 22.4 Å². The van der Waals surface area contributed by atoms with Gasteiger partial charge in [-0.05, 0) is 100 Å². The first-order valence-electron chi connectivity index (χ1n) is 10.6. The first-order chi connectivity index (χ1) is 13.2. The van der Waals surface area contributed by atoms with Gasteiger partial charge in [0, 0.05) is 11.1 Å². The van der Waals surface area contributed by atoms with E-state index in [1.54, 1.807) is 0 Å². The van der Waals surface area contributed by atoms with Gasteiger partial charge in [0.05, 0.1) is 0 Å². The number of carbonyl (C=O) groups is 1. The quantitative estimate of drug-likeness (QED) is 0.660. The highest BCUT2D eigenvalue weighted by molar-refractivity contribution is 5.93. The molecule has 4 rings (SSSR count). The van der Waals surface area contributed by atoms with Crippen molar-refractivity contribution >= 4 is 11.8 Å². The van der Waals surface area contributed by atoms with Crippen LogP contribution in [0.25, 0.3) is 0 Å². The Balaban J connectivity index is 1.52. The number of benzene rings is 1. The largest absolute Gasteiger partial charge is 0.508 e. The number of hydrazone groups is 1.